The summed E-state index contributed by atoms with van der Waals surface area (Å²) in [4.78, 5) is 16.7. The van der Waals surface area contributed by atoms with Crippen molar-refractivity contribution in [1.29, 1.82) is 0 Å². The molecule has 3 rings (SSSR count). The molecule has 122 valence electrons. The van der Waals surface area contributed by atoms with Crippen molar-refractivity contribution in [2.24, 2.45) is 0 Å². The molecule has 0 bridgehead atoms. The summed E-state index contributed by atoms with van der Waals surface area (Å²) < 4.78 is 2.76. The van der Waals surface area contributed by atoms with Crippen LogP contribution in [0.4, 0.5) is 11.5 Å². The first-order valence-corrected chi connectivity index (χ1v) is 8.19. The van der Waals surface area contributed by atoms with E-state index in [1.165, 1.54) is 12.3 Å². The Bertz CT molecular complexity index is 760. The number of fused-ring (bicyclic) bond motifs is 1. The Kier molecular flexibility index (Phi) is 4.05. The number of halogens is 1. The van der Waals surface area contributed by atoms with Crippen LogP contribution in [0.5, 0.6) is 0 Å². The van der Waals surface area contributed by atoms with Crippen LogP contribution in [0.3, 0.4) is 0 Å². The Morgan fingerprint density at radius 1 is 1.39 bits per heavy atom. The highest BCUT2D eigenvalue weighted by Crippen LogP contribution is 2.35. The maximum Gasteiger partial charge on any atom is 0.288 e. The molecular formula is C14H17BrN6O2. The minimum Gasteiger partial charge on any atom is -0.344 e. The van der Waals surface area contributed by atoms with E-state index in [1.54, 1.807) is 0 Å². The zero-order valence-electron chi connectivity index (χ0n) is 13.1. The first-order chi connectivity index (χ1) is 10.9. The van der Waals surface area contributed by atoms with E-state index in [0.717, 1.165) is 24.7 Å². The fourth-order valence-corrected chi connectivity index (χ4v) is 3.42. The van der Waals surface area contributed by atoms with Crippen LogP contribution < -0.4 is 4.90 Å². The Morgan fingerprint density at radius 2 is 2.13 bits per heavy atom. The zero-order valence-corrected chi connectivity index (χ0v) is 14.7. The highest BCUT2D eigenvalue weighted by molar-refractivity contribution is 9.10. The molecule has 0 radical (unpaired) electrons. The van der Waals surface area contributed by atoms with E-state index in [4.69, 9.17) is 0 Å². The largest absolute Gasteiger partial charge is 0.344 e. The minimum absolute atomic E-state index is 0.00555. The highest BCUT2D eigenvalue weighted by atomic mass is 79.9. The van der Waals surface area contributed by atoms with E-state index < -0.39 is 4.92 Å². The van der Waals surface area contributed by atoms with Crippen molar-refractivity contribution in [3.8, 4) is 0 Å². The number of aromatic nitrogens is 4. The molecule has 0 saturated heterocycles. The molecular weight excluding hydrogens is 364 g/mol. The number of nitrogens with zero attached hydrogens (tertiary/aromatic N) is 6. The van der Waals surface area contributed by atoms with E-state index in [-0.39, 0.29) is 11.7 Å². The summed E-state index contributed by atoms with van der Waals surface area (Å²) in [5.74, 6) is 2.89. The molecule has 2 aromatic heterocycles. The average molecular weight is 381 g/mol. The van der Waals surface area contributed by atoms with Crippen molar-refractivity contribution in [1.82, 2.24) is 19.7 Å². The summed E-state index contributed by atoms with van der Waals surface area (Å²) in [7, 11) is 0. The third-order valence-corrected chi connectivity index (χ3v) is 4.60. The normalized spacial score (nSPS) is 17.4. The summed E-state index contributed by atoms with van der Waals surface area (Å²) in [5.41, 5.74) is -0.0319. The Morgan fingerprint density at radius 3 is 2.74 bits per heavy atom. The van der Waals surface area contributed by atoms with Crippen molar-refractivity contribution in [2.75, 3.05) is 11.4 Å². The lowest BCUT2D eigenvalue weighted by Gasteiger charge is -2.35. The number of pyridine rings is 1. The van der Waals surface area contributed by atoms with E-state index in [9.17, 15) is 10.1 Å². The van der Waals surface area contributed by atoms with Crippen LogP contribution in [0.25, 0.3) is 0 Å². The van der Waals surface area contributed by atoms with E-state index in [2.05, 4.69) is 54.4 Å². The maximum absolute atomic E-state index is 10.8. The van der Waals surface area contributed by atoms with Gasteiger partial charge < -0.3 is 9.47 Å². The lowest BCUT2D eigenvalue weighted by Crippen LogP contribution is -2.38. The van der Waals surface area contributed by atoms with Crippen molar-refractivity contribution < 1.29 is 4.92 Å². The third kappa shape index (κ3) is 2.69. The molecule has 0 aliphatic carbocycles. The van der Waals surface area contributed by atoms with Gasteiger partial charge in [0.15, 0.2) is 5.82 Å². The number of nitro groups is 1. The van der Waals surface area contributed by atoms with Crippen molar-refractivity contribution in [3.05, 3.63) is 38.5 Å². The van der Waals surface area contributed by atoms with Gasteiger partial charge in [-0.2, -0.15) is 0 Å². The van der Waals surface area contributed by atoms with Gasteiger partial charge in [0, 0.05) is 25.1 Å². The summed E-state index contributed by atoms with van der Waals surface area (Å²) in [6.45, 7) is 7.76. The molecule has 0 amide bonds. The van der Waals surface area contributed by atoms with Crippen molar-refractivity contribution in [3.63, 3.8) is 0 Å². The van der Waals surface area contributed by atoms with Gasteiger partial charge >= 0.3 is 0 Å². The maximum atomic E-state index is 10.8. The smallest absolute Gasteiger partial charge is 0.288 e. The van der Waals surface area contributed by atoms with Gasteiger partial charge in [0.1, 0.15) is 17.8 Å². The lowest BCUT2D eigenvalue weighted by molar-refractivity contribution is -0.385. The van der Waals surface area contributed by atoms with Crippen molar-refractivity contribution >= 4 is 27.4 Å². The molecule has 0 aromatic carbocycles. The van der Waals surface area contributed by atoms with Crippen LogP contribution in [0.1, 0.15) is 44.4 Å². The first kappa shape index (κ1) is 15.9. The number of anilines is 1. The molecule has 8 nitrogen and oxygen atoms in total. The molecule has 0 N–H and O–H groups in total. The number of hydrogen-bond donors (Lipinski definition) is 0. The van der Waals surface area contributed by atoms with Crippen molar-refractivity contribution in [2.45, 2.75) is 39.3 Å². The van der Waals surface area contributed by atoms with Gasteiger partial charge in [-0.1, -0.05) is 13.8 Å². The predicted molar refractivity (Wildman–Crippen MR) is 88.5 cm³/mol. The Hall–Kier alpha value is -2.03. The molecule has 3 heterocycles. The predicted octanol–water partition coefficient (Wildman–Crippen LogP) is 3.05. The second-order valence-corrected chi connectivity index (χ2v) is 6.70. The molecule has 0 spiro atoms. The molecule has 1 unspecified atom stereocenters. The molecule has 1 atom stereocenters. The topological polar surface area (TPSA) is 90.0 Å². The van der Waals surface area contributed by atoms with Crippen LogP contribution in [-0.2, 0) is 6.54 Å². The minimum atomic E-state index is -0.452. The number of hydrogen-bond acceptors (Lipinski definition) is 6. The van der Waals surface area contributed by atoms with Crippen LogP contribution >= 0.6 is 15.9 Å². The van der Waals surface area contributed by atoms with Gasteiger partial charge in [-0.25, -0.2) is 4.98 Å². The van der Waals surface area contributed by atoms with Crippen LogP contribution in [0.15, 0.2) is 16.7 Å². The number of rotatable bonds is 3. The summed E-state index contributed by atoms with van der Waals surface area (Å²) >= 11 is 3.40. The van der Waals surface area contributed by atoms with Gasteiger partial charge in [-0.15, -0.1) is 10.2 Å². The first-order valence-electron chi connectivity index (χ1n) is 7.39. The summed E-state index contributed by atoms with van der Waals surface area (Å²) in [5, 5.41) is 19.5. The second-order valence-electron chi connectivity index (χ2n) is 5.85. The van der Waals surface area contributed by atoms with E-state index >= 15 is 0 Å². The standard InChI is InChI=1S/C14H17BrN6O2/c1-8(2)12-17-18-13-9(3)19(4-5-20(12)13)14-11(15)6-10(7-16-14)21(22)23/h6-9H,4-5H2,1-3H3. The average Bonchev–Trinajstić information content (AvgIpc) is 2.93. The molecule has 2 aromatic rings. The second kappa shape index (κ2) is 5.88. The van der Waals surface area contributed by atoms with Crippen LogP contribution in [0, 0.1) is 10.1 Å². The molecule has 0 saturated carbocycles. The quantitative estimate of drug-likeness (QED) is 0.600. The molecule has 1 aliphatic heterocycles. The van der Waals surface area contributed by atoms with E-state index in [0.29, 0.717) is 16.2 Å². The van der Waals surface area contributed by atoms with Gasteiger partial charge in [0.05, 0.1) is 15.4 Å². The van der Waals surface area contributed by atoms with Gasteiger partial charge in [0.25, 0.3) is 5.69 Å². The molecule has 23 heavy (non-hydrogen) atoms. The Balaban J connectivity index is 1.95. The van der Waals surface area contributed by atoms with Crippen LogP contribution in [0.2, 0.25) is 0 Å². The van der Waals surface area contributed by atoms with E-state index in [1.807, 2.05) is 6.92 Å². The SMILES string of the molecule is CC(C)c1nnc2n1CCN(c1ncc([N+](=O)[O-])cc1Br)C2C. The van der Waals surface area contributed by atoms with Gasteiger partial charge in [-0.3, -0.25) is 10.1 Å². The fraction of sp³-hybridized carbons (Fsp3) is 0.500. The summed E-state index contributed by atoms with van der Waals surface area (Å²) in [6.07, 6.45) is 1.28. The highest BCUT2D eigenvalue weighted by Gasteiger charge is 2.31. The molecule has 9 heteroatoms. The fourth-order valence-electron chi connectivity index (χ4n) is 2.86. The monoisotopic (exact) mass is 380 g/mol. The van der Waals surface area contributed by atoms with Crippen LogP contribution in [-0.4, -0.2) is 31.2 Å². The lowest BCUT2D eigenvalue weighted by atomic mass is 10.1. The summed E-state index contributed by atoms with van der Waals surface area (Å²) in [6, 6.07) is 1.47. The molecule has 0 fully saturated rings. The van der Waals surface area contributed by atoms with Gasteiger partial charge in [-0.05, 0) is 22.9 Å². The van der Waals surface area contributed by atoms with Gasteiger partial charge in [0.2, 0.25) is 0 Å². The third-order valence-electron chi connectivity index (χ3n) is 4.02. The Labute approximate surface area is 141 Å². The molecule has 1 aliphatic rings. The zero-order chi connectivity index (χ0) is 16.7.